The van der Waals surface area contributed by atoms with E-state index in [0.717, 1.165) is 10.0 Å². The molecule has 0 aliphatic carbocycles. The molecule has 1 N–H and O–H groups in total. The second-order valence-electron chi connectivity index (χ2n) is 4.70. The van der Waals surface area contributed by atoms with Crippen LogP contribution in [-0.2, 0) is 6.54 Å². The van der Waals surface area contributed by atoms with E-state index in [0.29, 0.717) is 12.1 Å². The molecular weight excluding hydrogens is 335 g/mol. The molecule has 21 heavy (non-hydrogen) atoms. The summed E-state index contributed by atoms with van der Waals surface area (Å²) in [6.45, 7) is 0.456. The third-order valence-electron chi connectivity index (χ3n) is 3.15. The number of carbonyl (C=O) groups excluding carboxylic acids is 1. The lowest BCUT2D eigenvalue weighted by Gasteiger charge is -2.19. The van der Waals surface area contributed by atoms with Crippen molar-refractivity contribution in [3.05, 3.63) is 63.9 Å². The molecule has 0 saturated heterocycles. The van der Waals surface area contributed by atoms with Crippen molar-refractivity contribution in [1.29, 1.82) is 0 Å². The van der Waals surface area contributed by atoms with Crippen LogP contribution in [-0.4, -0.2) is 24.9 Å². The van der Waals surface area contributed by atoms with E-state index in [-0.39, 0.29) is 11.6 Å². The molecule has 5 heteroatoms. The predicted molar refractivity (Wildman–Crippen MR) is 85.9 cm³/mol. The fourth-order valence-corrected chi connectivity index (χ4v) is 2.59. The summed E-state index contributed by atoms with van der Waals surface area (Å²) >= 11 is 3.40. The SMILES string of the molecule is CNc1c(F)cccc1C(=O)N(C)Cc1cccc(Br)c1. The number of hydrogen-bond donors (Lipinski definition) is 1. The van der Waals surface area contributed by atoms with Crippen LogP contribution in [0.3, 0.4) is 0 Å². The summed E-state index contributed by atoms with van der Waals surface area (Å²) < 4.78 is 14.7. The Labute approximate surface area is 131 Å². The van der Waals surface area contributed by atoms with Crippen LogP contribution in [0.4, 0.5) is 10.1 Å². The second-order valence-corrected chi connectivity index (χ2v) is 5.62. The Hall–Kier alpha value is -1.88. The van der Waals surface area contributed by atoms with Crippen molar-refractivity contribution in [2.45, 2.75) is 6.54 Å². The van der Waals surface area contributed by atoms with E-state index in [4.69, 9.17) is 0 Å². The van der Waals surface area contributed by atoms with Crippen LogP contribution >= 0.6 is 15.9 Å². The van der Waals surface area contributed by atoms with Crippen molar-refractivity contribution < 1.29 is 9.18 Å². The number of anilines is 1. The van der Waals surface area contributed by atoms with Gasteiger partial charge in [-0.3, -0.25) is 4.79 Å². The fourth-order valence-electron chi connectivity index (χ4n) is 2.14. The molecular formula is C16H16BrFN2O. The third kappa shape index (κ3) is 3.61. The normalized spacial score (nSPS) is 10.3. The molecule has 0 aromatic heterocycles. The highest BCUT2D eigenvalue weighted by atomic mass is 79.9. The fraction of sp³-hybridized carbons (Fsp3) is 0.188. The second kappa shape index (κ2) is 6.72. The molecule has 0 radical (unpaired) electrons. The van der Waals surface area contributed by atoms with Gasteiger partial charge in [0.2, 0.25) is 0 Å². The van der Waals surface area contributed by atoms with Crippen LogP contribution in [0.2, 0.25) is 0 Å². The van der Waals surface area contributed by atoms with Gasteiger partial charge in [-0.05, 0) is 29.8 Å². The molecule has 0 saturated carbocycles. The van der Waals surface area contributed by atoms with Gasteiger partial charge in [0.15, 0.2) is 0 Å². The first-order chi connectivity index (χ1) is 10.0. The van der Waals surface area contributed by atoms with Gasteiger partial charge in [0.1, 0.15) is 5.82 Å². The van der Waals surface area contributed by atoms with Crippen molar-refractivity contribution in [2.24, 2.45) is 0 Å². The average Bonchev–Trinajstić information content (AvgIpc) is 2.46. The average molecular weight is 351 g/mol. The predicted octanol–water partition coefficient (Wildman–Crippen LogP) is 3.90. The molecule has 0 atom stereocenters. The van der Waals surface area contributed by atoms with E-state index in [1.54, 1.807) is 25.1 Å². The molecule has 0 aliphatic rings. The number of nitrogens with zero attached hydrogens (tertiary/aromatic N) is 1. The standard InChI is InChI=1S/C16H16BrFN2O/c1-19-15-13(7-4-8-14(15)18)16(21)20(2)10-11-5-3-6-12(17)9-11/h3-9,19H,10H2,1-2H3. The molecule has 0 fully saturated rings. The summed E-state index contributed by atoms with van der Waals surface area (Å²) in [4.78, 5) is 14.0. The minimum Gasteiger partial charge on any atom is -0.385 e. The Bertz CT molecular complexity index is 660. The van der Waals surface area contributed by atoms with Crippen molar-refractivity contribution in [2.75, 3.05) is 19.4 Å². The van der Waals surface area contributed by atoms with Crippen molar-refractivity contribution in [1.82, 2.24) is 4.90 Å². The number of carbonyl (C=O) groups is 1. The zero-order valence-corrected chi connectivity index (χ0v) is 13.4. The molecule has 0 unspecified atom stereocenters. The molecule has 0 bridgehead atoms. The van der Waals surface area contributed by atoms with Crippen LogP contribution in [0.25, 0.3) is 0 Å². The lowest BCUT2D eigenvalue weighted by Crippen LogP contribution is -2.27. The van der Waals surface area contributed by atoms with Gasteiger partial charge in [-0.25, -0.2) is 4.39 Å². The monoisotopic (exact) mass is 350 g/mol. The van der Waals surface area contributed by atoms with Crippen LogP contribution < -0.4 is 5.32 Å². The summed E-state index contributed by atoms with van der Waals surface area (Å²) in [6.07, 6.45) is 0. The topological polar surface area (TPSA) is 32.3 Å². The maximum Gasteiger partial charge on any atom is 0.256 e. The summed E-state index contributed by atoms with van der Waals surface area (Å²) in [7, 11) is 3.30. The summed E-state index contributed by atoms with van der Waals surface area (Å²) in [5.41, 5.74) is 1.56. The molecule has 0 aliphatic heterocycles. The van der Waals surface area contributed by atoms with Crippen LogP contribution in [0.1, 0.15) is 15.9 Å². The van der Waals surface area contributed by atoms with E-state index in [1.807, 2.05) is 24.3 Å². The molecule has 0 heterocycles. The Morgan fingerprint density at radius 2 is 2.00 bits per heavy atom. The minimum absolute atomic E-state index is 0.223. The van der Waals surface area contributed by atoms with Gasteiger partial charge in [-0.15, -0.1) is 0 Å². The number of benzene rings is 2. The highest BCUT2D eigenvalue weighted by Crippen LogP contribution is 2.21. The first-order valence-electron chi connectivity index (χ1n) is 6.49. The maximum absolute atomic E-state index is 13.7. The van der Waals surface area contributed by atoms with E-state index >= 15 is 0 Å². The molecule has 0 spiro atoms. The number of hydrogen-bond acceptors (Lipinski definition) is 2. The molecule has 2 aromatic carbocycles. The Morgan fingerprint density at radius 3 is 2.67 bits per heavy atom. The largest absolute Gasteiger partial charge is 0.385 e. The van der Waals surface area contributed by atoms with E-state index in [2.05, 4.69) is 21.2 Å². The lowest BCUT2D eigenvalue weighted by atomic mass is 10.1. The Morgan fingerprint density at radius 1 is 1.29 bits per heavy atom. The van der Waals surface area contributed by atoms with Gasteiger partial charge in [0.25, 0.3) is 5.91 Å². The van der Waals surface area contributed by atoms with Crippen molar-refractivity contribution in [3.8, 4) is 0 Å². The van der Waals surface area contributed by atoms with Gasteiger partial charge >= 0.3 is 0 Å². The minimum atomic E-state index is -0.431. The van der Waals surface area contributed by atoms with Gasteiger partial charge in [-0.1, -0.05) is 34.1 Å². The smallest absolute Gasteiger partial charge is 0.256 e. The van der Waals surface area contributed by atoms with E-state index in [9.17, 15) is 9.18 Å². The van der Waals surface area contributed by atoms with Gasteiger partial charge in [0, 0.05) is 25.1 Å². The van der Waals surface area contributed by atoms with E-state index < -0.39 is 5.82 Å². The van der Waals surface area contributed by atoms with Crippen molar-refractivity contribution >= 4 is 27.5 Å². The molecule has 2 aromatic rings. The number of nitrogens with one attached hydrogen (secondary N) is 1. The highest BCUT2D eigenvalue weighted by molar-refractivity contribution is 9.10. The van der Waals surface area contributed by atoms with E-state index in [1.165, 1.54) is 12.1 Å². The Balaban J connectivity index is 2.22. The van der Waals surface area contributed by atoms with Crippen LogP contribution in [0, 0.1) is 5.82 Å². The Kier molecular flexibility index (Phi) is 4.96. The van der Waals surface area contributed by atoms with Crippen LogP contribution in [0.15, 0.2) is 46.9 Å². The molecule has 1 amide bonds. The summed E-state index contributed by atoms with van der Waals surface area (Å²) in [6, 6.07) is 12.2. The molecule has 3 nitrogen and oxygen atoms in total. The summed E-state index contributed by atoms with van der Waals surface area (Å²) in [5, 5.41) is 2.74. The molecule has 110 valence electrons. The highest BCUT2D eigenvalue weighted by Gasteiger charge is 2.18. The quantitative estimate of drug-likeness (QED) is 0.906. The number of para-hydroxylation sites is 1. The van der Waals surface area contributed by atoms with Gasteiger partial charge in [-0.2, -0.15) is 0 Å². The van der Waals surface area contributed by atoms with Gasteiger partial charge in [0.05, 0.1) is 11.3 Å². The third-order valence-corrected chi connectivity index (χ3v) is 3.64. The van der Waals surface area contributed by atoms with Crippen LogP contribution in [0.5, 0.6) is 0 Å². The van der Waals surface area contributed by atoms with Gasteiger partial charge < -0.3 is 10.2 Å². The summed E-state index contributed by atoms with van der Waals surface area (Å²) in [5.74, 6) is -0.655. The zero-order chi connectivity index (χ0) is 15.4. The maximum atomic E-state index is 13.7. The number of rotatable bonds is 4. The first kappa shape index (κ1) is 15.5. The number of amides is 1. The van der Waals surface area contributed by atoms with Crippen molar-refractivity contribution in [3.63, 3.8) is 0 Å². The zero-order valence-electron chi connectivity index (χ0n) is 11.9. The lowest BCUT2D eigenvalue weighted by molar-refractivity contribution is 0.0785. The molecule has 2 rings (SSSR count). The first-order valence-corrected chi connectivity index (χ1v) is 7.28. The number of halogens is 2.